The fourth-order valence-corrected chi connectivity index (χ4v) is 3.84. The maximum absolute atomic E-state index is 12.0. The van der Waals surface area contributed by atoms with Crippen LogP contribution in [0.1, 0.15) is 27.9 Å². The van der Waals surface area contributed by atoms with Gasteiger partial charge in [-0.05, 0) is 39.5 Å². The van der Waals surface area contributed by atoms with Crippen LogP contribution >= 0.6 is 27.3 Å². The van der Waals surface area contributed by atoms with E-state index in [2.05, 4.69) is 57.3 Å². The molecule has 0 unspecified atom stereocenters. The molecule has 0 N–H and O–H groups in total. The lowest BCUT2D eigenvalue weighted by Gasteiger charge is -2.05. The molecule has 0 spiro atoms. The number of hydrogen-bond donors (Lipinski definition) is 0. The minimum Gasteiger partial charge on any atom is -0.462 e. The third kappa shape index (κ3) is 3.91. The summed E-state index contributed by atoms with van der Waals surface area (Å²) in [6.07, 6.45) is 0.602. The monoisotopic (exact) mass is 401 g/mol. The van der Waals surface area contributed by atoms with Crippen molar-refractivity contribution in [3.8, 4) is 11.1 Å². The molecular weight excluding hydrogens is 386 g/mol. The molecule has 0 bridgehead atoms. The number of thiazole rings is 1. The zero-order valence-corrected chi connectivity index (χ0v) is 15.6. The fraction of sp³-hybridized carbons (Fsp3) is 0.158. The van der Waals surface area contributed by atoms with Crippen molar-refractivity contribution >= 4 is 33.2 Å². The van der Waals surface area contributed by atoms with E-state index in [4.69, 9.17) is 4.74 Å². The van der Waals surface area contributed by atoms with Gasteiger partial charge in [-0.15, -0.1) is 0 Å². The normalized spacial score (nSPS) is 10.6. The Balaban J connectivity index is 1.81. The second kappa shape index (κ2) is 7.73. The summed E-state index contributed by atoms with van der Waals surface area (Å²) in [7, 11) is 0. The summed E-state index contributed by atoms with van der Waals surface area (Å²) in [5.41, 5.74) is 4.22. The Morgan fingerprint density at radius 1 is 1.08 bits per heavy atom. The molecule has 3 nitrogen and oxygen atoms in total. The Bertz CT molecular complexity index is 828. The Morgan fingerprint density at radius 2 is 1.75 bits per heavy atom. The van der Waals surface area contributed by atoms with Gasteiger partial charge in [0.25, 0.3) is 0 Å². The summed E-state index contributed by atoms with van der Waals surface area (Å²) < 4.78 is 5.80. The SMILES string of the molecule is CCOC(=O)c1sc(Br)nc1Cc1ccc(-c2ccccc2)cc1. The summed E-state index contributed by atoms with van der Waals surface area (Å²) in [6, 6.07) is 18.6. The minimum atomic E-state index is -0.309. The van der Waals surface area contributed by atoms with E-state index in [1.165, 1.54) is 22.5 Å². The Kier molecular flexibility index (Phi) is 5.43. The van der Waals surface area contributed by atoms with Crippen LogP contribution in [0.4, 0.5) is 0 Å². The summed E-state index contributed by atoms with van der Waals surface area (Å²) >= 11 is 4.67. The molecule has 0 aliphatic carbocycles. The molecule has 0 aliphatic heterocycles. The maximum atomic E-state index is 12.0. The highest BCUT2D eigenvalue weighted by Crippen LogP contribution is 2.27. The van der Waals surface area contributed by atoms with E-state index in [-0.39, 0.29) is 5.97 Å². The second-order valence-corrected chi connectivity index (χ2v) is 7.48. The number of carbonyl (C=O) groups excluding carboxylic acids is 1. The van der Waals surface area contributed by atoms with Gasteiger partial charge in [-0.2, -0.15) is 0 Å². The van der Waals surface area contributed by atoms with Gasteiger partial charge in [-0.25, -0.2) is 9.78 Å². The van der Waals surface area contributed by atoms with Crippen LogP contribution in [-0.2, 0) is 11.2 Å². The van der Waals surface area contributed by atoms with Crippen molar-refractivity contribution in [1.29, 1.82) is 0 Å². The smallest absolute Gasteiger partial charge is 0.350 e. The molecule has 3 aromatic rings. The summed E-state index contributed by atoms with van der Waals surface area (Å²) in [6.45, 7) is 2.16. The van der Waals surface area contributed by atoms with Crippen LogP contribution in [0.5, 0.6) is 0 Å². The number of rotatable bonds is 5. The number of halogens is 1. The lowest BCUT2D eigenvalue weighted by atomic mass is 10.0. The highest BCUT2D eigenvalue weighted by Gasteiger charge is 2.18. The van der Waals surface area contributed by atoms with Gasteiger partial charge in [-0.3, -0.25) is 0 Å². The predicted molar refractivity (Wildman–Crippen MR) is 100 cm³/mol. The number of esters is 1. The van der Waals surface area contributed by atoms with Crippen LogP contribution in [0.25, 0.3) is 11.1 Å². The molecule has 0 saturated heterocycles. The van der Waals surface area contributed by atoms with Crippen LogP contribution in [-0.4, -0.2) is 17.6 Å². The number of carbonyl (C=O) groups is 1. The molecule has 0 saturated carbocycles. The zero-order chi connectivity index (χ0) is 16.9. The van der Waals surface area contributed by atoms with Crippen molar-refractivity contribution in [3.63, 3.8) is 0 Å². The number of ether oxygens (including phenoxy) is 1. The average Bonchev–Trinajstić information content (AvgIpc) is 2.97. The topological polar surface area (TPSA) is 39.2 Å². The number of hydrogen-bond acceptors (Lipinski definition) is 4. The molecule has 0 radical (unpaired) electrons. The first kappa shape index (κ1) is 16.9. The minimum absolute atomic E-state index is 0.309. The molecule has 0 fully saturated rings. The van der Waals surface area contributed by atoms with E-state index in [0.717, 1.165) is 11.3 Å². The third-order valence-electron chi connectivity index (χ3n) is 3.56. The van der Waals surface area contributed by atoms with Gasteiger partial charge in [0.05, 0.1) is 12.3 Å². The van der Waals surface area contributed by atoms with Crippen LogP contribution in [0.2, 0.25) is 0 Å². The van der Waals surface area contributed by atoms with Crippen molar-refractivity contribution in [2.45, 2.75) is 13.3 Å². The average molecular weight is 402 g/mol. The molecule has 0 aliphatic rings. The van der Waals surface area contributed by atoms with Gasteiger partial charge < -0.3 is 4.74 Å². The molecule has 122 valence electrons. The van der Waals surface area contributed by atoms with Gasteiger partial charge in [-0.1, -0.05) is 65.9 Å². The first-order chi connectivity index (χ1) is 11.7. The second-order valence-electron chi connectivity index (χ2n) is 5.20. The molecule has 3 rings (SSSR count). The van der Waals surface area contributed by atoms with Crippen molar-refractivity contribution in [2.75, 3.05) is 6.61 Å². The van der Waals surface area contributed by atoms with Crippen LogP contribution < -0.4 is 0 Å². The summed E-state index contributed by atoms with van der Waals surface area (Å²) in [5.74, 6) is -0.309. The van der Waals surface area contributed by atoms with Crippen molar-refractivity contribution in [1.82, 2.24) is 4.98 Å². The first-order valence-corrected chi connectivity index (χ1v) is 9.25. The molecular formula is C19H16BrNO2S. The summed E-state index contributed by atoms with van der Waals surface area (Å²) in [4.78, 5) is 17.0. The van der Waals surface area contributed by atoms with Gasteiger partial charge in [0, 0.05) is 6.42 Å². The van der Waals surface area contributed by atoms with Gasteiger partial charge in [0.2, 0.25) is 0 Å². The highest BCUT2D eigenvalue weighted by atomic mass is 79.9. The molecule has 2 aromatic carbocycles. The van der Waals surface area contributed by atoms with E-state index < -0.39 is 0 Å². The van der Waals surface area contributed by atoms with Crippen molar-refractivity contribution in [3.05, 3.63) is 74.6 Å². The van der Waals surface area contributed by atoms with Crippen molar-refractivity contribution in [2.24, 2.45) is 0 Å². The van der Waals surface area contributed by atoms with Crippen LogP contribution in [0, 0.1) is 0 Å². The van der Waals surface area contributed by atoms with Gasteiger partial charge in [0.15, 0.2) is 3.92 Å². The lowest BCUT2D eigenvalue weighted by molar-refractivity contribution is 0.0530. The molecule has 24 heavy (non-hydrogen) atoms. The van der Waals surface area contributed by atoms with E-state index in [9.17, 15) is 4.79 Å². The third-order valence-corrected chi connectivity index (χ3v) is 5.09. The van der Waals surface area contributed by atoms with E-state index in [0.29, 0.717) is 21.8 Å². The number of benzene rings is 2. The zero-order valence-electron chi connectivity index (χ0n) is 13.2. The maximum Gasteiger partial charge on any atom is 0.350 e. The first-order valence-electron chi connectivity index (χ1n) is 7.64. The lowest BCUT2D eigenvalue weighted by Crippen LogP contribution is -2.06. The number of nitrogens with zero attached hydrogens (tertiary/aromatic N) is 1. The van der Waals surface area contributed by atoms with Crippen LogP contribution in [0.15, 0.2) is 58.5 Å². The standard InChI is InChI=1S/C19H16BrNO2S/c1-2-23-18(22)17-16(21-19(20)24-17)12-13-8-10-15(11-9-13)14-6-4-3-5-7-14/h3-11H,2,12H2,1H3. The van der Waals surface area contributed by atoms with E-state index in [1.54, 1.807) is 6.92 Å². The molecule has 1 heterocycles. The predicted octanol–water partition coefficient (Wildman–Crippen LogP) is 5.34. The van der Waals surface area contributed by atoms with Gasteiger partial charge in [0.1, 0.15) is 4.88 Å². The number of aromatic nitrogens is 1. The quantitative estimate of drug-likeness (QED) is 0.541. The molecule has 1 aromatic heterocycles. The summed E-state index contributed by atoms with van der Waals surface area (Å²) in [5, 5.41) is 0. The van der Waals surface area contributed by atoms with E-state index in [1.807, 2.05) is 18.2 Å². The molecule has 0 atom stereocenters. The Morgan fingerprint density at radius 3 is 2.42 bits per heavy atom. The molecule has 5 heteroatoms. The Labute approximate surface area is 153 Å². The van der Waals surface area contributed by atoms with Crippen molar-refractivity contribution < 1.29 is 9.53 Å². The van der Waals surface area contributed by atoms with Crippen LogP contribution in [0.3, 0.4) is 0 Å². The fourth-order valence-electron chi connectivity index (χ4n) is 2.44. The highest BCUT2D eigenvalue weighted by molar-refractivity contribution is 9.11. The molecule has 0 amide bonds. The largest absolute Gasteiger partial charge is 0.462 e. The van der Waals surface area contributed by atoms with Gasteiger partial charge >= 0.3 is 5.97 Å². The Hall–Kier alpha value is -1.98. The van der Waals surface area contributed by atoms with E-state index >= 15 is 0 Å².